The molecule has 0 fully saturated rings. The monoisotopic (exact) mass is 277 g/mol. The van der Waals surface area contributed by atoms with Crippen LogP contribution in [0.5, 0.6) is 17.2 Å². The van der Waals surface area contributed by atoms with Gasteiger partial charge >= 0.3 is 0 Å². The first kappa shape index (κ1) is 16.8. The van der Waals surface area contributed by atoms with Gasteiger partial charge in [0.2, 0.25) is 0 Å². The van der Waals surface area contributed by atoms with Crippen molar-refractivity contribution >= 4 is 12.4 Å². The summed E-state index contributed by atoms with van der Waals surface area (Å²) in [7, 11) is 2.95. The Bertz CT molecular complexity index is 361. The fourth-order valence-corrected chi connectivity index (χ4v) is 1.70. The van der Waals surface area contributed by atoms with Crippen LogP contribution in [-0.4, -0.2) is 30.5 Å². The lowest BCUT2D eigenvalue weighted by Gasteiger charge is -2.22. The Hall–Kier alpha value is -1.17. The summed E-state index contributed by atoms with van der Waals surface area (Å²) in [4.78, 5) is 0. The van der Waals surface area contributed by atoms with Gasteiger partial charge in [-0.05, 0) is 6.42 Å². The van der Waals surface area contributed by atoms with Crippen molar-refractivity contribution < 1.29 is 19.7 Å². The summed E-state index contributed by atoms with van der Waals surface area (Å²) in [5.41, 5.74) is 6.52. The second kappa shape index (κ2) is 7.31. The van der Waals surface area contributed by atoms with E-state index in [0.29, 0.717) is 23.5 Å². The third-order valence-electron chi connectivity index (χ3n) is 2.69. The number of hydrogen-bond donors (Lipinski definition) is 3. The first-order chi connectivity index (χ1) is 8.04. The van der Waals surface area contributed by atoms with Crippen molar-refractivity contribution in [1.29, 1.82) is 0 Å². The van der Waals surface area contributed by atoms with Gasteiger partial charge in [-0.2, -0.15) is 0 Å². The van der Waals surface area contributed by atoms with Crippen LogP contribution in [0, 0.1) is 0 Å². The lowest BCUT2D eigenvalue weighted by atomic mass is 9.98. The summed E-state index contributed by atoms with van der Waals surface area (Å²) < 4.78 is 10.3. The number of halogens is 1. The number of phenols is 1. The largest absolute Gasteiger partial charge is 0.508 e. The van der Waals surface area contributed by atoms with Crippen molar-refractivity contribution in [3.8, 4) is 17.2 Å². The molecule has 0 bridgehead atoms. The molecule has 1 rings (SSSR count). The minimum Gasteiger partial charge on any atom is -0.508 e. The number of aliphatic hydroxyl groups is 1. The molecule has 0 heterocycles. The van der Waals surface area contributed by atoms with Crippen molar-refractivity contribution in [2.45, 2.75) is 25.5 Å². The molecule has 104 valence electrons. The first-order valence-corrected chi connectivity index (χ1v) is 5.43. The van der Waals surface area contributed by atoms with E-state index in [9.17, 15) is 10.2 Å². The van der Waals surface area contributed by atoms with Crippen molar-refractivity contribution in [1.82, 2.24) is 0 Å². The second-order valence-corrected chi connectivity index (χ2v) is 3.77. The van der Waals surface area contributed by atoms with E-state index in [1.807, 2.05) is 6.92 Å². The van der Waals surface area contributed by atoms with Gasteiger partial charge in [-0.15, -0.1) is 12.4 Å². The molecule has 1 aromatic rings. The molecule has 0 aliphatic carbocycles. The van der Waals surface area contributed by atoms with Gasteiger partial charge in [0.05, 0.1) is 31.9 Å². The highest BCUT2D eigenvalue weighted by Gasteiger charge is 2.24. The molecule has 0 radical (unpaired) electrons. The number of methoxy groups -OCH3 is 2. The van der Waals surface area contributed by atoms with Gasteiger partial charge in [-0.25, -0.2) is 0 Å². The molecule has 0 aliphatic heterocycles. The highest BCUT2D eigenvalue weighted by molar-refractivity contribution is 5.85. The summed E-state index contributed by atoms with van der Waals surface area (Å²) in [6, 6.07) is 2.27. The van der Waals surface area contributed by atoms with E-state index in [2.05, 4.69) is 0 Å². The summed E-state index contributed by atoms with van der Waals surface area (Å²) in [5, 5.41) is 19.3. The van der Waals surface area contributed by atoms with Gasteiger partial charge in [0.25, 0.3) is 0 Å². The van der Waals surface area contributed by atoms with Crippen LogP contribution in [-0.2, 0) is 0 Å². The lowest BCUT2D eigenvalue weighted by Crippen LogP contribution is -2.26. The Kier molecular flexibility index (Phi) is 6.83. The van der Waals surface area contributed by atoms with Crippen LogP contribution in [0.15, 0.2) is 12.1 Å². The third-order valence-corrected chi connectivity index (χ3v) is 2.69. The molecule has 6 heteroatoms. The maximum atomic E-state index is 9.79. The van der Waals surface area contributed by atoms with Crippen LogP contribution >= 0.6 is 12.4 Å². The number of nitrogens with two attached hydrogens (primary N) is 1. The molecule has 2 atom stereocenters. The number of hydrogen-bond acceptors (Lipinski definition) is 5. The predicted octanol–water partition coefficient (Wildman–Crippen LogP) is 1.60. The maximum absolute atomic E-state index is 9.79. The molecule has 1 aromatic carbocycles. The van der Waals surface area contributed by atoms with Gasteiger partial charge in [-0.1, -0.05) is 6.92 Å². The topological polar surface area (TPSA) is 84.9 Å². The lowest BCUT2D eigenvalue weighted by molar-refractivity contribution is 0.138. The number of aromatic hydroxyl groups is 1. The minimum atomic E-state index is -0.692. The van der Waals surface area contributed by atoms with Crippen molar-refractivity contribution in [3.63, 3.8) is 0 Å². The van der Waals surface area contributed by atoms with Crippen LogP contribution < -0.4 is 15.2 Å². The molecule has 0 unspecified atom stereocenters. The van der Waals surface area contributed by atoms with E-state index in [1.165, 1.54) is 26.4 Å². The summed E-state index contributed by atoms with van der Waals surface area (Å²) in [5.74, 6) is 0.837. The molecule has 0 aromatic heterocycles. The van der Waals surface area contributed by atoms with Crippen LogP contribution in [0.2, 0.25) is 0 Å². The van der Waals surface area contributed by atoms with Crippen molar-refractivity contribution in [3.05, 3.63) is 17.7 Å². The Balaban J connectivity index is 0.00000289. The number of aliphatic hydroxyl groups excluding tert-OH is 1. The molecule has 5 nitrogen and oxygen atoms in total. The Morgan fingerprint density at radius 1 is 1.22 bits per heavy atom. The fraction of sp³-hybridized carbons (Fsp3) is 0.500. The van der Waals surface area contributed by atoms with Crippen LogP contribution in [0.4, 0.5) is 0 Å². The Morgan fingerprint density at radius 3 is 2.00 bits per heavy atom. The van der Waals surface area contributed by atoms with E-state index < -0.39 is 12.1 Å². The van der Waals surface area contributed by atoms with Gasteiger partial charge in [0.1, 0.15) is 17.2 Å². The number of benzene rings is 1. The van der Waals surface area contributed by atoms with Gasteiger partial charge in [0, 0.05) is 12.1 Å². The predicted molar refractivity (Wildman–Crippen MR) is 71.7 cm³/mol. The second-order valence-electron chi connectivity index (χ2n) is 3.77. The standard InChI is InChI=1S/C12H19NO4.ClH/c1-4-8(15)12(13)11-9(16-2)5-7(14)6-10(11)17-3;/h5-6,8,12,14-15H,4,13H2,1-3H3;1H/t8-,12-;/m0./s1. The van der Waals surface area contributed by atoms with E-state index in [4.69, 9.17) is 15.2 Å². The number of ether oxygens (including phenoxy) is 2. The van der Waals surface area contributed by atoms with Crippen LogP contribution in [0.1, 0.15) is 24.9 Å². The number of rotatable bonds is 5. The zero-order valence-corrected chi connectivity index (χ0v) is 11.5. The first-order valence-electron chi connectivity index (χ1n) is 5.43. The highest BCUT2D eigenvalue weighted by atomic mass is 35.5. The summed E-state index contributed by atoms with van der Waals surface area (Å²) >= 11 is 0. The zero-order chi connectivity index (χ0) is 13.0. The Morgan fingerprint density at radius 2 is 1.67 bits per heavy atom. The van der Waals surface area contributed by atoms with Gasteiger partial charge in [-0.3, -0.25) is 0 Å². The van der Waals surface area contributed by atoms with Crippen LogP contribution in [0.3, 0.4) is 0 Å². The SMILES string of the molecule is CC[C@H](O)[C@H](N)c1c(OC)cc(O)cc1OC.Cl. The molecule has 0 saturated carbocycles. The Labute approximate surface area is 113 Å². The van der Waals surface area contributed by atoms with E-state index >= 15 is 0 Å². The summed E-state index contributed by atoms with van der Waals surface area (Å²) in [6.45, 7) is 1.84. The smallest absolute Gasteiger partial charge is 0.131 e. The number of phenolic OH excluding ortho intramolecular Hbond substituents is 1. The molecular formula is C12H20ClNO4. The molecule has 4 N–H and O–H groups in total. The van der Waals surface area contributed by atoms with Crippen LogP contribution in [0.25, 0.3) is 0 Å². The van der Waals surface area contributed by atoms with Crippen molar-refractivity contribution in [2.24, 2.45) is 5.73 Å². The molecule has 0 saturated heterocycles. The zero-order valence-electron chi connectivity index (χ0n) is 10.7. The molecule has 18 heavy (non-hydrogen) atoms. The highest BCUT2D eigenvalue weighted by Crippen LogP contribution is 2.38. The van der Waals surface area contributed by atoms with Crippen molar-refractivity contribution in [2.75, 3.05) is 14.2 Å². The normalized spacial score (nSPS) is 13.4. The molecule has 0 amide bonds. The molecular weight excluding hydrogens is 258 g/mol. The minimum absolute atomic E-state index is 0. The quantitative estimate of drug-likeness (QED) is 0.761. The fourth-order valence-electron chi connectivity index (χ4n) is 1.70. The maximum Gasteiger partial charge on any atom is 0.131 e. The average Bonchev–Trinajstić information content (AvgIpc) is 2.35. The summed E-state index contributed by atoms with van der Waals surface area (Å²) in [6.07, 6.45) is -0.170. The third kappa shape index (κ3) is 3.41. The average molecular weight is 278 g/mol. The molecule has 0 aliphatic rings. The van der Waals surface area contributed by atoms with Gasteiger partial charge in [0.15, 0.2) is 0 Å². The van der Waals surface area contributed by atoms with Gasteiger partial charge < -0.3 is 25.4 Å². The molecule has 0 spiro atoms. The van der Waals surface area contributed by atoms with E-state index in [-0.39, 0.29) is 18.2 Å². The van der Waals surface area contributed by atoms with E-state index in [0.717, 1.165) is 0 Å². The van der Waals surface area contributed by atoms with E-state index in [1.54, 1.807) is 0 Å².